The quantitative estimate of drug-likeness (QED) is 0.876. The molecule has 2 saturated carbocycles. The van der Waals surface area contributed by atoms with Crippen molar-refractivity contribution in [1.82, 2.24) is 0 Å². The molecular formula is C18H27NO. The van der Waals surface area contributed by atoms with E-state index in [-0.39, 0.29) is 6.10 Å². The molecule has 2 aliphatic carbocycles. The summed E-state index contributed by atoms with van der Waals surface area (Å²) < 4.78 is 0. The maximum Gasteiger partial charge on any atom is 0.0807 e. The van der Waals surface area contributed by atoms with Crippen LogP contribution in [0, 0.1) is 17.8 Å². The Kier molecular flexibility index (Phi) is 4.02. The smallest absolute Gasteiger partial charge is 0.0807 e. The molecule has 1 aromatic carbocycles. The van der Waals surface area contributed by atoms with Crippen LogP contribution in [0.3, 0.4) is 0 Å². The first-order valence-corrected chi connectivity index (χ1v) is 8.17. The minimum atomic E-state index is -0.339. The van der Waals surface area contributed by atoms with E-state index < -0.39 is 0 Å². The third-order valence-electron chi connectivity index (χ3n) is 5.49. The molecule has 3 unspecified atom stereocenters. The van der Waals surface area contributed by atoms with Crippen molar-refractivity contribution in [3.8, 4) is 0 Å². The third kappa shape index (κ3) is 2.58. The van der Waals surface area contributed by atoms with Crippen molar-refractivity contribution < 1.29 is 5.11 Å². The number of rotatable bonds is 5. The number of fused-ring (bicyclic) bond motifs is 2. The fourth-order valence-electron chi connectivity index (χ4n) is 4.39. The molecule has 0 saturated heterocycles. The van der Waals surface area contributed by atoms with Crippen LogP contribution in [0.25, 0.3) is 0 Å². The van der Waals surface area contributed by atoms with Crippen molar-refractivity contribution in [3.05, 3.63) is 29.8 Å². The van der Waals surface area contributed by atoms with Crippen LogP contribution in [0.4, 0.5) is 5.69 Å². The number of benzene rings is 1. The molecule has 2 fully saturated rings. The summed E-state index contributed by atoms with van der Waals surface area (Å²) in [5.74, 6) is 2.84. The van der Waals surface area contributed by atoms with Crippen LogP contribution in [-0.4, -0.2) is 18.7 Å². The lowest BCUT2D eigenvalue weighted by atomic mass is 9.88. The summed E-state index contributed by atoms with van der Waals surface area (Å²) in [4.78, 5) is 2.37. The molecule has 110 valence electrons. The van der Waals surface area contributed by atoms with Gasteiger partial charge in [-0.1, -0.05) is 31.5 Å². The van der Waals surface area contributed by atoms with E-state index in [2.05, 4.69) is 30.1 Å². The predicted octanol–water partition coefficient (Wildman–Crippen LogP) is 4.00. The number of para-hydroxylation sites is 1. The summed E-state index contributed by atoms with van der Waals surface area (Å²) >= 11 is 0. The minimum absolute atomic E-state index is 0.339. The van der Waals surface area contributed by atoms with E-state index in [1.54, 1.807) is 0 Å². The van der Waals surface area contributed by atoms with Gasteiger partial charge < -0.3 is 10.0 Å². The second-order valence-electron chi connectivity index (χ2n) is 6.80. The summed E-state index contributed by atoms with van der Waals surface area (Å²) in [5, 5.41) is 10.2. The first-order chi connectivity index (χ1) is 9.69. The van der Waals surface area contributed by atoms with Gasteiger partial charge in [-0.2, -0.15) is 0 Å². The monoisotopic (exact) mass is 273 g/mol. The molecule has 0 amide bonds. The Bertz CT molecular complexity index is 458. The average Bonchev–Trinajstić information content (AvgIpc) is 3.09. The van der Waals surface area contributed by atoms with Crippen LogP contribution in [0.2, 0.25) is 0 Å². The van der Waals surface area contributed by atoms with Crippen LogP contribution in [0.15, 0.2) is 24.3 Å². The SMILES string of the molecule is CC[C@H](O)c1ccccc1N(C)CC1CC2CCC1C2. The standard InChI is InChI=1S/C18H27NO/c1-3-18(20)16-6-4-5-7-17(16)19(2)12-15-11-13-8-9-14(15)10-13/h4-7,13-15,18,20H,3,8-12H2,1-2H3/t13?,14?,15?,18-/m0/s1. The molecule has 0 aromatic heterocycles. The van der Waals surface area contributed by atoms with E-state index in [4.69, 9.17) is 0 Å². The maximum atomic E-state index is 10.2. The summed E-state index contributed by atoms with van der Waals surface area (Å²) in [6, 6.07) is 8.34. The molecular weight excluding hydrogens is 246 g/mol. The van der Waals surface area contributed by atoms with Crippen LogP contribution in [0.5, 0.6) is 0 Å². The first-order valence-electron chi connectivity index (χ1n) is 8.17. The second kappa shape index (κ2) is 5.77. The lowest BCUT2D eigenvalue weighted by Crippen LogP contribution is -2.29. The fourth-order valence-corrected chi connectivity index (χ4v) is 4.39. The number of aliphatic hydroxyl groups excluding tert-OH is 1. The Labute approximate surface area is 122 Å². The number of hydrogen-bond acceptors (Lipinski definition) is 2. The van der Waals surface area contributed by atoms with Gasteiger partial charge in [0.1, 0.15) is 0 Å². The van der Waals surface area contributed by atoms with Gasteiger partial charge in [0.05, 0.1) is 6.10 Å². The molecule has 0 aliphatic heterocycles. The van der Waals surface area contributed by atoms with E-state index >= 15 is 0 Å². The lowest BCUT2D eigenvalue weighted by Gasteiger charge is -2.30. The normalized spacial score (nSPS) is 29.6. The van der Waals surface area contributed by atoms with Gasteiger partial charge in [0, 0.05) is 24.8 Å². The molecule has 1 N–H and O–H groups in total. The van der Waals surface area contributed by atoms with E-state index in [1.165, 1.54) is 31.4 Å². The first kappa shape index (κ1) is 13.9. The predicted molar refractivity (Wildman–Crippen MR) is 83.9 cm³/mol. The molecule has 0 spiro atoms. The molecule has 2 aliphatic rings. The van der Waals surface area contributed by atoms with Crippen LogP contribution in [0.1, 0.15) is 50.7 Å². The molecule has 2 nitrogen and oxygen atoms in total. The summed E-state index contributed by atoms with van der Waals surface area (Å²) in [7, 11) is 2.19. The third-order valence-corrected chi connectivity index (χ3v) is 5.49. The Hall–Kier alpha value is -1.02. The lowest BCUT2D eigenvalue weighted by molar-refractivity contribution is 0.174. The average molecular weight is 273 g/mol. The van der Waals surface area contributed by atoms with Crippen molar-refractivity contribution in [1.29, 1.82) is 0 Å². The van der Waals surface area contributed by atoms with Gasteiger partial charge in [-0.15, -0.1) is 0 Å². The van der Waals surface area contributed by atoms with Crippen LogP contribution < -0.4 is 4.90 Å². The zero-order valence-corrected chi connectivity index (χ0v) is 12.8. The summed E-state index contributed by atoms with van der Waals surface area (Å²) in [5.41, 5.74) is 2.30. The number of hydrogen-bond donors (Lipinski definition) is 1. The Morgan fingerprint density at radius 1 is 1.25 bits per heavy atom. The van der Waals surface area contributed by atoms with Gasteiger partial charge in [-0.05, 0) is 49.5 Å². The van der Waals surface area contributed by atoms with Crippen molar-refractivity contribution in [2.45, 2.75) is 45.1 Å². The Morgan fingerprint density at radius 3 is 2.70 bits per heavy atom. The topological polar surface area (TPSA) is 23.5 Å². The zero-order valence-electron chi connectivity index (χ0n) is 12.8. The van der Waals surface area contributed by atoms with Crippen LogP contribution >= 0.6 is 0 Å². The maximum absolute atomic E-state index is 10.2. The van der Waals surface area contributed by atoms with Gasteiger partial charge >= 0.3 is 0 Å². The van der Waals surface area contributed by atoms with Crippen molar-refractivity contribution in [2.75, 3.05) is 18.5 Å². The van der Waals surface area contributed by atoms with Crippen molar-refractivity contribution >= 4 is 5.69 Å². The highest BCUT2D eigenvalue weighted by Crippen LogP contribution is 2.48. The molecule has 20 heavy (non-hydrogen) atoms. The van der Waals surface area contributed by atoms with E-state index in [0.717, 1.165) is 36.3 Å². The second-order valence-corrected chi connectivity index (χ2v) is 6.80. The Morgan fingerprint density at radius 2 is 2.05 bits per heavy atom. The van der Waals surface area contributed by atoms with Crippen molar-refractivity contribution in [3.63, 3.8) is 0 Å². The van der Waals surface area contributed by atoms with Gasteiger partial charge in [0.25, 0.3) is 0 Å². The fraction of sp³-hybridized carbons (Fsp3) is 0.667. The van der Waals surface area contributed by atoms with Gasteiger partial charge in [0.15, 0.2) is 0 Å². The molecule has 2 heteroatoms. The largest absolute Gasteiger partial charge is 0.388 e. The molecule has 3 rings (SSSR count). The zero-order chi connectivity index (χ0) is 14.1. The van der Waals surface area contributed by atoms with Crippen LogP contribution in [-0.2, 0) is 0 Å². The van der Waals surface area contributed by atoms with Gasteiger partial charge in [-0.25, -0.2) is 0 Å². The molecule has 0 heterocycles. The highest BCUT2D eigenvalue weighted by Gasteiger charge is 2.39. The summed E-state index contributed by atoms with van der Waals surface area (Å²) in [6.45, 7) is 3.19. The molecule has 4 atom stereocenters. The highest BCUT2D eigenvalue weighted by atomic mass is 16.3. The summed E-state index contributed by atoms with van der Waals surface area (Å²) in [6.07, 6.45) is 6.25. The van der Waals surface area contributed by atoms with E-state index in [0.29, 0.717) is 0 Å². The highest BCUT2D eigenvalue weighted by molar-refractivity contribution is 5.54. The molecule has 0 radical (unpaired) electrons. The molecule has 2 bridgehead atoms. The number of nitrogens with zero attached hydrogens (tertiary/aromatic N) is 1. The van der Waals surface area contributed by atoms with Gasteiger partial charge in [-0.3, -0.25) is 0 Å². The number of aliphatic hydroxyl groups is 1. The minimum Gasteiger partial charge on any atom is -0.388 e. The number of anilines is 1. The Balaban J connectivity index is 1.72. The van der Waals surface area contributed by atoms with E-state index in [1.807, 2.05) is 13.0 Å². The van der Waals surface area contributed by atoms with E-state index in [9.17, 15) is 5.11 Å². The van der Waals surface area contributed by atoms with Gasteiger partial charge in [0.2, 0.25) is 0 Å². The molecule has 1 aromatic rings. The van der Waals surface area contributed by atoms with Crippen molar-refractivity contribution in [2.24, 2.45) is 17.8 Å².